The molecule has 3 aromatic heterocycles. The Kier molecular flexibility index (Phi) is 3.31. The van der Waals surface area contributed by atoms with Crippen LogP contribution < -0.4 is 5.32 Å². The summed E-state index contributed by atoms with van der Waals surface area (Å²) in [5.41, 5.74) is 1.79. The molecular formula is C17H17N5O2. The van der Waals surface area contributed by atoms with Gasteiger partial charge >= 0.3 is 0 Å². The van der Waals surface area contributed by atoms with Gasteiger partial charge in [-0.15, -0.1) is 0 Å². The lowest BCUT2D eigenvalue weighted by Gasteiger charge is -2.37. The van der Waals surface area contributed by atoms with Crippen molar-refractivity contribution < 1.29 is 9.53 Å². The third-order valence-corrected chi connectivity index (χ3v) is 4.17. The van der Waals surface area contributed by atoms with Crippen LogP contribution in [0.1, 0.15) is 19.5 Å². The summed E-state index contributed by atoms with van der Waals surface area (Å²) in [7, 11) is 0. The summed E-state index contributed by atoms with van der Waals surface area (Å²) in [5.74, 6) is 1.06. The van der Waals surface area contributed by atoms with E-state index in [1.54, 1.807) is 23.1 Å². The van der Waals surface area contributed by atoms with E-state index in [9.17, 15) is 4.79 Å². The summed E-state index contributed by atoms with van der Waals surface area (Å²) in [5, 5.41) is 8.00. The lowest BCUT2D eigenvalue weighted by molar-refractivity contribution is -0.114. The lowest BCUT2D eigenvalue weighted by Crippen LogP contribution is -2.44. The summed E-state index contributed by atoms with van der Waals surface area (Å²) in [6, 6.07) is 7.70. The number of hydrogen-bond acceptors (Lipinski definition) is 5. The molecule has 1 aliphatic heterocycles. The van der Waals surface area contributed by atoms with E-state index in [-0.39, 0.29) is 11.3 Å². The molecule has 3 aromatic rings. The van der Waals surface area contributed by atoms with Crippen LogP contribution in [0.3, 0.4) is 0 Å². The molecule has 0 saturated carbocycles. The largest absolute Gasteiger partial charge is 0.379 e. The SMILES string of the molecule is CC(=O)Nc1cc2c(cn1)cnn2-c1cccc(C2(C)COC2)n1. The van der Waals surface area contributed by atoms with Gasteiger partial charge < -0.3 is 10.1 Å². The van der Waals surface area contributed by atoms with E-state index in [2.05, 4.69) is 22.3 Å². The minimum atomic E-state index is -0.161. The fourth-order valence-electron chi connectivity index (χ4n) is 2.79. The molecule has 1 amide bonds. The highest BCUT2D eigenvalue weighted by molar-refractivity contribution is 5.90. The van der Waals surface area contributed by atoms with Crippen molar-refractivity contribution in [1.82, 2.24) is 19.7 Å². The highest BCUT2D eigenvalue weighted by atomic mass is 16.5. The summed E-state index contributed by atoms with van der Waals surface area (Å²) in [4.78, 5) is 20.2. The van der Waals surface area contributed by atoms with Gasteiger partial charge in [0.2, 0.25) is 5.91 Å². The number of rotatable bonds is 3. The molecule has 0 aliphatic carbocycles. The smallest absolute Gasteiger partial charge is 0.222 e. The molecule has 0 bridgehead atoms. The molecule has 0 unspecified atom stereocenters. The zero-order valence-electron chi connectivity index (χ0n) is 13.5. The Hall–Kier alpha value is -2.80. The molecule has 0 spiro atoms. The number of carbonyl (C=O) groups is 1. The third kappa shape index (κ3) is 2.43. The molecule has 1 fully saturated rings. The zero-order chi connectivity index (χ0) is 16.7. The lowest BCUT2D eigenvalue weighted by atomic mass is 9.84. The second-order valence-electron chi connectivity index (χ2n) is 6.30. The average molecular weight is 323 g/mol. The van der Waals surface area contributed by atoms with Crippen LogP contribution >= 0.6 is 0 Å². The predicted octanol–water partition coefficient (Wildman–Crippen LogP) is 2.06. The van der Waals surface area contributed by atoms with Gasteiger partial charge in [0.05, 0.1) is 36.0 Å². The van der Waals surface area contributed by atoms with E-state index >= 15 is 0 Å². The highest BCUT2D eigenvalue weighted by Gasteiger charge is 2.36. The van der Waals surface area contributed by atoms with Gasteiger partial charge in [0.1, 0.15) is 5.82 Å². The number of nitrogens with one attached hydrogen (secondary N) is 1. The highest BCUT2D eigenvalue weighted by Crippen LogP contribution is 2.31. The molecule has 1 N–H and O–H groups in total. The number of aromatic nitrogens is 4. The van der Waals surface area contributed by atoms with Crippen molar-refractivity contribution in [2.24, 2.45) is 0 Å². The van der Waals surface area contributed by atoms with E-state index in [0.717, 1.165) is 22.4 Å². The molecule has 7 heteroatoms. The Bertz CT molecular complexity index is 930. The second-order valence-corrected chi connectivity index (χ2v) is 6.30. The van der Waals surface area contributed by atoms with Crippen LogP contribution in [-0.4, -0.2) is 38.9 Å². The quantitative estimate of drug-likeness (QED) is 0.798. The van der Waals surface area contributed by atoms with Crippen molar-refractivity contribution in [3.05, 3.63) is 42.4 Å². The Morgan fingerprint density at radius 1 is 1.33 bits per heavy atom. The Labute approximate surface area is 138 Å². The number of amides is 1. The molecule has 0 atom stereocenters. The standard InChI is InChI=1S/C17H17N5O2/c1-11(23)20-15-6-13-12(7-18-15)8-19-22(13)16-5-3-4-14(21-16)17(2)9-24-10-17/h3-8H,9-10H2,1-2H3,(H,18,20,23). The van der Waals surface area contributed by atoms with Crippen molar-refractivity contribution in [3.63, 3.8) is 0 Å². The van der Waals surface area contributed by atoms with E-state index in [1.807, 2.05) is 18.2 Å². The van der Waals surface area contributed by atoms with Crippen LogP contribution in [0.4, 0.5) is 5.82 Å². The first-order valence-electron chi connectivity index (χ1n) is 7.72. The first-order valence-corrected chi connectivity index (χ1v) is 7.72. The molecule has 4 rings (SSSR count). The van der Waals surface area contributed by atoms with E-state index < -0.39 is 0 Å². The van der Waals surface area contributed by atoms with Gasteiger partial charge in [-0.05, 0) is 19.1 Å². The Morgan fingerprint density at radius 3 is 2.88 bits per heavy atom. The van der Waals surface area contributed by atoms with Crippen molar-refractivity contribution >= 4 is 22.6 Å². The van der Waals surface area contributed by atoms with E-state index in [4.69, 9.17) is 9.72 Å². The summed E-state index contributed by atoms with van der Waals surface area (Å²) in [6.07, 6.45) is 3.43. The Morgan fingerprint density at radius 2 is 2.17 bits per heavy atom. The van der Waals surface area contributed by atoms with Crippen LogP contribution in [0.25, 0.3) is 16.7 Å². The molecule has 0 radical (unpaired) electrons. The minimum Gasteiger partial charge on any atom is -0.379 e. The first-order chi connectivity index (χ1) is 11.5. The fourth-order valence-corrected chi connectivity index (χ4v) is 2.79. The van der Waals surface area contributed by atoms with Gasteiger partial charge in [-0.1, -0.05) is 6.07 Å². The average Bonchev–Trinajstić information content (AvgIpc) is 2.95. The normalized spacial score (nSPS) is 15.9. The third-order valence-electron chi connectivity index (χ3n) is 4.17. The van der Waals surface area contributed by atoms with Gasteiger partial charge in [0, 0.05) is 24.6 Å². The molecule has 24 heavy (non-hydrogen) atoms. The maximum absolute atomic E-state index is 11.2. The maximum atomic E-state index is 11.2. The number of nitrogens with zero attached hydrogens (tertiary/aromatic N) is 4. The molecule has 1 aliphatic rings. The van der Waals surface area contributed by atoms with E-state index in [0.29, 0.717) is 19.0 Å². The predicted molar refractivity (Wildman–Crippen MR) is 89.1 cm³/mol. The van der Waals surface area contributed by atoms with Gasteiger partial charge in [-0.3, -0.25) is 4.79 Å². The van der Waals surface area contributed by atoms with Crippen molar-refractivity contribution in [2.75, 3.05) is 18.5 Å². The van der Waals surface area contributed by atoms with Crippen LogP contribution in [0.2, 0.25) is 0 Å². The number of pyridine rings is 2. The number of anilines is 1. The monoisotopic (exact) mass is 323 g/mol. The van der Waals surface area contributed by atoms with Crippen LogP contribution in [0.15, 0.2) is 36.7 Å². The maximum Gasteiger partial charge on any atom is 0.222 e. The zero-order valence-corrected chi connectivity index (χ0v) is 13.5. The Balaban J connectivity index is 1.78. The molecular weight excluding hydrogens is 306 g/mol. The summed E-state index contributed by atoms with van der Waals surface area (Å²) >= 11 is 0. The van der Waals surface area contributed by atoms with Crippen LogP contribution in [0.5, 0.6) is 0 Å². The number of carbonyl (C=O) groups excluding carboxylic acids is 1. The molecule has 122 valence electrons. The molecule has 0 aromatic carbocycles. The number of ether oxygens (including phenoxy) is 1. The molecule has 7 nitrogen and oxygen atoms in total. The topological polar surface area (TPSA) is 81.9 Å². The van der Waals surface area contributed by atoms with Gasteiger partial charge in [-0.25, -0.2) is 14.6 Å². The van der Waals surface area contributed by atoms with Crippen LogP contribution in [0, 0.1) is 0 Å². The van der Waals surface area contributed by atoms with Gasteiger partial charge in [-0.2, -0.15) is 5.10 Å². The van der Waals surface area contributed by atoms with Gasteiger partial charge in [0.15, 0.2) is 5.82 Å². The molecule has 4 heterocycles. The van der Waals surface area contributed by atoms with Crippen molar-refractivity contribution in [3.8, 4) is 5.82 Å². The fraction of sp³-hybridized carbons (Fsp3) is 0.294. The van der Waals surface area contributed by atoms with E-state index in [1.165, 1.54) is 6.92 Å². The first kappa shape index (κ1) is 14.8. The summed E-state index contributed by atoms with van der Waals surface area (Å²) < 4.78 is 7.09. The second kappa shape index (κ2) is 5.38. The minimum absolute atomic E-state index is 0.0398. The van der Waals surface area contributed by atoms with Crippen molar-refractivity contribution in [1.29, 1.82) is 0 Å². The van der Waals surface area contributed by atoms with Crippen LogP contribution in [-0.2, 0) is 14.9 Å². The van der Waals surface area contributed by atoms with Gasteiger partial charge in [0.25, 0.3) is 0 Å². The molecule has 1 saturated heterocycles. The van der Waals surface area contributed by atoms with Crippen molar-refractivity contribution in [2.45, 2.75) is 19.3 Å². The summed E-state index contributed by atoms with van der Waals surface area (Å²) in [6.45, 7) is 4.96. The number of fused-ring (bicyclic) bond motifs is 1. The number of hydrogen-bond donors (Lipinski definition) is 1.